The molecule has 52 heavy (non-hydrogen) atoms. The van der Waals surface area contributed by atoms with Gasteiger partial charge in [-0.05, 0) is 88.2 Å². The largest absolute Gasteiger partial charge is 0.444 e. The first-order valence-electron chi connectivity index (χ1n) is 17.2. The van der Waals surface area contributed by atoms with Gasteiger partial charge in [0.1, 0.15) is 11.4 Å². The van der Waals surface area contributed by atoms with Crippen molar-refractivity contribution in [3.63, 3.8) is 0 Å². The lowest BCUT2D eigenvalue weighted by Crippen LogP contribution is -2.50. The third kappa shape index (κ3) is 7.16. The van der Waals surface area contributed by atoms with Crippen molar-refractivity contribution in [3.05, 3.63) is 120 Å². The first-order valence-corrected chi connectivity index (χ1v) is 18.6. The number of nitrogens with zero attached hydrogens (tertiary/aromatic N) is 6. The van der Waals surface area contributed by atoms with Crippen LogP contribution >= 0.6 is 0 Å². The van der Waals surface area contributed by atoms with E-state index in [4.69, 9.17) is 14.8 Å². The fourth-order valence-corrected chi connectivity index (χ4v) is 7.82. The molecule has 0 spiro atoms. The highest BCUT2D eigenvalue weighted by Crippen LogP contribution is 2.37. The highest BCUT2D eigenvalue weighted by Gasteiger charge is 2.27. The van der Waals surface area contributed by atoms with Crippen molar-refractivity contribution in [2.75, 3.05) is 31.1 Å². The first kappa shape index (κ1) is 34.9. The van der Waals surface area contributed by atoms with E-state index in [1.807, 2.05) is 71.1 Å². The Labute approximate surface area is 303 Å². The zero-order valence-corrected chi connectivity index (χ0v) is 30.7. The zero-order valence-electron chi connectivity index (χ0n) is 29.9. The Kier molecular flexibility index (Phi) is 9.12. The van der Waals surface area contributed by atoms with Gasteiger partial charge in [0.25, 0.3) is 10.0 Å². The third-order valence-corrected chi connectivity index (χ3v) is 10.8. The number of piperazine rings is 1. The Bertz CT molecular complexity index is 2390. The van der Waals surface area contributed by atoms with Crippen molar-refractivity contribution in [3.8, 4) is 22.3 Å². The topological polar surface area (TPSA) is 103 Å². The molecule has 0 radical (unpaired) electrons. The summed E-state index contributed by atoms with van der Waals surface area (Å²) in [5.41, 5.74) is 6.31. The molecule has 12 heteroatoms. The monoisotopic (exact) mass is 720 g/mol. The molecule has 3 aromatic heterocycles. The number of hydrogen-bond acceptors (Lipinski definition) is 7. The van der Waals surface area contributed by atoms with E-state index in [0.29, 0.717) is 55.0 Å². The lowest BCUT2D eigenvalue weighted by molar-refractivity contribution is 0.0240. The summed E-state index contributed by atoms with van der Waals surface area (Å²) in [5.74, 6) is -0.322. The summed E-state index contributed by atoms with van der Waals surface area (Å²) < 4.78 is 50.7. The van der Waals surface area contributed by atoms with Gasteiger partial charge in [0.15, 0.2) is 5.65 Å². The Balaban J connectivity index is 1.26. The van der Waals surface area contributed by atoms with Gasteiger partial charge in [0.05, 0.1) is 17.1 Å². The van der Waals surface area contributed by atoms with E-state index in [-0.39, 0.29) is 16.8 Å². The molecule has 6 aromatic rings. The minimum atomic E-state index is -4.01. The molecule has 0 unspecified atom stereocenters. The van der Waals surface area contributed by atoms with E-state index in [9.17, 15) is 17.6 Å². The molecule has 0 N–H and O–H groups in total. The average molecular weight is 721 g/mol. The summed E-state index contributed by atoms with van der Waals surface area (Å²) in [5, 5.41) is 5.36. The van der Waals surface area contributed by atoms with Crippen molar-refractivity contribution < 1.29 is 22.3 Å². The number of carbonyl (C=O) groups is 1. The number of aryl methyl sites for hydroxylation is 2. The first-order chi connectivity index (χ1) is 24.7. The molecule has 10 nitrogen and oxygen atoms in total. The highest BCUT2D eigenvalue weighted by molar-refractivity contribution is 7.90. The van der Waals surface area contributed by atoms with E-state index in [0.717, 1.165) is 33.5 Å². The van der Waals surface area contributed by atoms with Crippen LogP contribution in [0.15, 0.2) is 102 Å². The summed E-state index contributed by atoms with van der Waals surface area (Å²) in [6, 6.07) is 23.2. The minimum Gasteiger partial charge on any atom is -0.444 e. The van der Waals surface area contributed by atoms with Crippen LogP contribution in [0.4, 0.5) is 14.9 Å². The van der Waals surface area contributed by atoms with Crippen molar-refractivity contribution in [2.24, 2.45) is 0 Å². The van der Waals surface area contributed by atoms with Crippen LogP contribution in [0.25, 0.3) is 33.3 Å². The van der Waals surface area contributed by atoms with Gasteiger partial charge in [-0.2, -0.15) is 5.10 Å². The maximum absolute atomic E-state index is 14.1. The number of pyridine rings is 1. The van der Waals surface area contributed by atoms with Crippen LogP contribution in [0.5, 0.6) is 0 Å². The van der Waals surface area contributed by atoms with E-state index in [2.05, 4.69) is 11.0 Å². The van der Waals surface area contributed by atoms with Crippen molar-refractivity contribution >= 4 is 32.8 Å². The highest BCUT2D eigenvalue weighted by atomic mass is 32.2. The number of amides is 1. The molecular formula is C40H41FN6O4S. The Hall–Kier alpha value is -5.49. The number of aromatic nitrogens is 4. The number of anilines is 1. The molecule has 1 aliphatic rings. The molecule has 0 aliphatic carbocycles. The number of carbonyl (C=O) groups excluding carboxylic acids is 1. The molecule has 1 saturated heterocycles. The Morgan fingerprint density at radius 2 is 1.60 bits per heavy atom. The quantitative estimate of drug-likeness (QED) is 0.167. The molecule has 268 valence electrons. The van der Waals surface area contributed by atoms with Gasteiger partial charge in [-0.15, -0.1) is 0 Å². The molecule has 1 aliphatic heterocycles. The van der Waals surface area contributed by atoms with Gasteiger partial charge in [-0.3, -0.25) is 4.68 Å². The number of ether oxygens (including phenoxy) is 1. The third-order valence-electron chi connectivity index (χ3n) is 9.14. The molecule has 1 amide bonds. The molecule has 4 heterocycles. The maximum atomic E-state index is 14.1. The molecular weight excluding hydrogens is 680 g/mol. The van der Waals surface area contributed by atoms with Crippen LogP contribution in [-0.2, 0) is 21.3 Å². The average Bonchev–Trinajstić information content (AvgIpc) is 3.67. The van der Waals surface area contributed by atoms with Gasteiger partial charge in [0, 0.05) is 72.5 Å². The van der Waals surface area contributed by atoms with Crippen LogP contribution in [0.3, 0.4) is 0 Å². The standard InChI is InChI=1S/C40H41FN6O4S/c1-27-12-14-34(15-13-27)52(49,50)47-26-37(36-25-46(43-28(36)2)24-29-8-6-10-32(41)20-29)35-22-31(23-42-38(35)47)30-9-7-11-33(21-30)44-16-18-45(19-17-44)39(48)51-40(3,4)5/h6-15,20-23,25-26H,16-19,24H2,1-5H3. The predicted octanol–water partition coefficient (Wildman–Crippen LogP) is 7.67. The van der Waals surface area contributed by atoms with Crippen molar-refractivity contribution in [2.45, 2.75) is 51.7 Å². The van der Waals surface area contributed by atoms with Gasteiger partial charge < -0.3 is 14.5 Å². The number of halogens is 1. The summed E-state index contributed by atoms with van der Waals surface area (Å²) in [6.45, 7) is 12.1. The van der Waals surface area contributed by atoms with Crippen LogP contribution in [0.2, 0.25) is 0 Å². The molecule has 0 bridgehead atoms. The maximum Gasteiger partial charge on any atom is 0.410 e. The van der Waals surface area contributed by atoms with E-state index in [1.165, 1.54) is 16.1 Å². The van der Waals surface area contributed by atoms with Crippen LogP contribution < -0.4 is 4.90 Å². The smallest absolute Gasteiger partial charge is 0.410 e. The Morgan fingerprint density at radius 1 is 0.865 bits per heavy atom. The zero-order chi connectivity index (χ0) is 36.8. The van der Waals surface area contributed by atoms with Gasteiger partial charge in [0.2, 0.25) is 0 Å². The number of hydrogen-bond donors (Lipinski definition) is 0. The van der Waals surface area contributed by atoms with Crippen molar-refractivity contribution in [1.82, 2.24) is 23.6 Å². The lowest BCUT2D eigenvalue weighted by atomic mass is 10.0. The van der Waals surface area contributed by atoms with Crippen LogP contribution in [0.1, 0.15) is 37.6 Å². The second-order valence-electron chi connectivity index (χ2n) is 14.2. The van der Waals surface area contributed by atoms with Crippen molar-refractivity contribution in [1.29, 1.82) is 0 Å². The van der Waals surface area contributed by atoms with Gasteiger partial charge in [-0.1, -0.05) is 42.0 Å². The summed E-state index contributed by atoms with van der Waals surface area (Å²) in [7, 11) is -4.01. The van der Waals surface area contributed by atoms with Crippen LogP contribution in [0, 0.1) is 19.7 Å². The SMILES string of the molecule is Cc1ccc(S(=O)(=O)n2cc(-c3cn(Cc4cccc(F)c4)nc3C)c3cc(-c4cccc(N5CCN(C(=O)OC(C)(C)C)CC5)c4)cnc32)cc1. The van der Waals surface area contributed by atoms with Gasteiger partial charge in [-0.25, -0.2) is 26.6 Å². The van der Waals surface area contributed by atoms with E-state index < -0.39 is 15.6 Å². The van der Waals surface area contributed by atoms with Gasteiger partial charge >= 0.3 is 6.09 Å². The molecule has 1 fully saturated rings. The predicted molar refractivity (Wildman–Crippen MR) is 200 cm³/mol. The summed E-state index contributed by atoms with van der Waals surface area (Å²) in [6.07, 6.45) is 4.88. The number of benzene rings is 3. The Morgan fingerprint density at radius 3 is 2.31 bits per heavy atom. The minimum absolute atomic E-state index is 0.158. The fraction of sp³-hybridized carbons (Fsp3) is 0.275. The normalized spacial score (nSPS) is 13.9. The number of fused-ring (bicyclic) bond motifs is 1. The lowest BCUT2D eigenvalue weighted by Gasteiger charge is -2.36. The second-order valence-corrected chi connectivity index (χ2v) is 16.0. The van der Waals surface area contributed by atoms with E-state index in [1.54, 1.807) is 52.3 Å². The second kappa shape index (κ2) is 13.6. The summed E-state index contributed by atoms with van der Waals surface area (Å²) in [4.78, 5) is 21.5. The van der Waals surface area contributed by atoms with E-state index >= 15 is 0 Å². The molecule has 7 rings (SSSR count). The molecule has 0 saturated carbocycles. The molecule has 0 atom stereocenters. The fourth-order valence-electron chi connectivity index (χ4n) is 6.50. The summed E-state index contributed by atoms with van der Waals surface area (Å²) >= 11 is 0. The molecule has 3 aromatic carbocycles. The number of rotatable bonds is 7. The van der Waals surface area contributed by atoms with Crippen LogP contribution in [-0.4, -0.2) is 69.9 Å².